The number of rotatable bonds is 3. The number of nitrogens with one attached hydrogen (secondary N) is 1. The molecule has 0 spiro atoms. The molecule has 4 nitrogen and oxygen atoms in total. The quantitative estimate of drug-likeness (QED) is 0.924. The average Bonchev–Trinajstić information content (AvgIpc) is 2.97. The molecule has 3 atom stereocenters. The largest absolute Gasteiger partial charge is 0.371 e. The Morgan fingerprint density at radius 1 is 1.45 bits per heavy atom. The number of ether oxygens (including phenoxy) is 1. The minimum absolute atomic E-state index is 0.0612. The van der Waals surface area contributed by atoms with Crippen LogP contribution in [0.2, 0.25) is 0 Å². The standard InChI is InChI=1S/C14H18N2O2S2/c17-14(12-9-19-6-7-20-12)16-11-3-5-18-13(11)10-2-1-4-15-8-10/h1-2,4,8,11-13H,3,5-7,9H2,(H,16,17)/t11-,12-,13+/m0/s1. The lowest BCUT2D eigenvalue weighted by atomic mass is 10.0. The zero-order chi connectivity index (χ0) is 13.8. The third-order valence-electron chi connectivity index (χ3n) is 3.54. The van der Waals surface area contributed by atoms with Crippen LogP contribution < -0.4 is 5.32 Å². The number of nitrogens with zero attached hydrogens (tertiary/aromatic N) is 1. The second kappa shape index (κ2) is 6.83. The molecular formula is C14H18N2O2S2. The fraction of sp³-hybridized carbons (Fsp3) is 0.571. The minimum Gasteiger partial charge on any atom is -0.371 e. The van der Waals surface area contributed by atoms with Crippen LogP contribution in [0.1, 0.15) is 18.1 Å². The Bertz CT molecular complexity index is 452. The van der Waals surface area contributed by atoms with Crippen LogP contribution in [-0.4, -0.2) is 46.0 Å². The van der Waals surface area contributed by atoms with E-state index in [9.17, 15) is 4.79 Å². The maximum atomic E-state index is 12.3. The number of hydrogen-bond donors (Lipinski definition) is 1. The molecule has 3 rings (SSSR count). The van der Waals surface area contributed by atoms with Crippen molar-refractivity contribution >= 4 is 29.4 Å². The maximum absolute atomic E-state index is 12.3. The zero-order valence-electron chi connectivity index (χ0n) is 11.2. The molecule has 1 N–H and O–H groups in total. The van der Waals surface area contributed by atoms with E-state index in [1.807, 2.05) is 30.1 Å². The van der Waals surface area contributed by atoms with Gasteiger partial charge in [-0.1, -0.05) is 6.07 Å². The number of thioether (sulfide) groups is 2. The Morgan fingerprint density at radius 2 is 2.40 bits per heavy atom. The van der Waals surface area contributed by atoms with Gasteiger partial charge in [-0.2, -0.15) is 11.8 Å². The average molecular weight is 310 g/mol. The molecule has 1 aromatic heterocycles. The van der Waals surface area contributed by atoms with Gasteiger partial charge in [-0.25, -0.2) is 0 Å². The molecule has 20 heavy (non-hydrogen) atoms. The molecule has 2 aliphatic heterocycles. The van der Waals surface area contributed by atoms with Crippen LogP contribution in [0.5, 0.6) is 0 Å². The van der Waals surface area contributed by atoms with Crippen LogP contribution >= 0.6 is 23.5 Å². The normalized spacial score (nSPS) is 30.1. The summed E-state index contributed by atoms with van der Waals surface area (Å²) in [5.41, 5.74) is 1.04. The number of carbonyl (C=O) groups excluding carboxylic acids is 1. The van der Waals surface area contributed by atoms with Crippen molar-refractivity contribution in [3.05, 3.63) is 30.1 Å². The summed E-state index contributed by atoms with van der Waals surface area (Å²) >= 11 is 3.63. The second-order valence-electron chi connectivity index (χ2n) is 4.92. The van der Waals surface area contributed by atoms with Crippen LogP contribution in [-0.2, 0) is 9.53 Å². The van der Waals surface area contributed by atoms with Gasteiger partial charge in [0.05, 0.1) is 11.3 Å². The van der Waals surface area contributed by atoms with E-state index >= 15 is 0 Å². The molecule has 1 amide bonds. The van der Waals surface area contributed by atoms with Gasteiger partial charge in [0.2, 0.25) is 5.91 Å². The molecule has 2 aliphatic rings. The first kappa shape index (κ1) is 14.2. The van der Waals surface area contributed by atoms with Crippen molar-refractivity contribution in [2.24, 2.45) is 0 Å². The van der Waals surface area contributed by atoms with Gasteiger partial charge in [0.15, 0.2) is 0 Å². The van der Waals surface area contributed by atoms with Crippen LogP contribution in [0, 0.1) is 0 Å². The summed E-state index contributed by atoms with van der Waals surface area (Å²) in [6.45, 7) is 0.692. The Morgan fingerprint density at radius 3 is 3.15 bits per heavy atom. The Labute approximate surface area is 127 Å². The summed E-state index contributed by atoms with van der Waals surface area (Å²) in [4.78, 5) is 16.4. The van der Waals surface area contributed by atoms with Gasteiger partial charge in [-0.3, -0.25) is 9.78 Å². The van der Waals surface area contributed by atoms with E-state index in [2.05, 4.69) is 10.3 Å². The molecule has 2 saturated heterocycles. The van der Waals surface area contributed by atoms with Gasteiger partial charge in [0.1, 0.15) is 6.10 Å². The van der Waals surface area contributed by atoms with E-state index in [0.717, 1.165) is 29.2 Å². The molecule has 0 saturated carbocycles. The number of pyridine rings is 1. The molecule has 0 aliphatic carbocycles. The van der Waals surface area contributed by atoms with Gasteiger partial charge >= 0.3 is 0 Å². The van der Waals surface area contributed by atoms with Crippen LogP contribution in [0.3, 0.4) is 0 Å². The highest BCUT2D eigenvalue weighted by molar-refractivity contribution is 8.07. The summed E-state index contributed by atoms with van der Waals surface area (Å²) in [6.07, 6.45) is 4.38. The first-order valence-electron chi connectivity index (χ1n) is 6.86. The highest BCUT2D eigenvalue weighted by atomic mass is 32.2. The fourth-order valence-corrected chi connectivity index (χ4v) is 5.09. The van der Waals surface area contributed by atoms with Gasteiger partial charge in [-0.15, -0.1) is 11.8 Å². The SMILES string of the molecule is O=C(N[C@H]1CCO[C@@H]1c1cccnc1)[C@@H]1CSCCS1. The molecule has 0 unspecified atom stereocenters. The predicted molar refractivity (Wildman–Crippen MR) is 83.0 cm³/mol. The number of aromatic nitrogens is 1. The molecule has 0 radical (unpaired) electrons. The van der Waals surface area contributed by atoms with E-state index in [-0.39, 0.29) is 23.3 Å². The Kier molecular flexibility index (Phi) is 4.86. The molecule has 2 fully saturated rings. The minimum atomic E-state index is -0.0612. The van der Waals surface area contributed by atoms with Crippen molar-refractivity contribution < 1.29 is 9.53 Å². The van der Waals surface area contributed by atoms with Crippen molar-refractivity contribution in [3.8, 4) is 0 Å². The van der Waals surface area contributed by atoms with Crippen LogP contribution in [0.25, 0.3) is 0 Å². The van der Waals surface area contributed by atoms with Crippen molar-refractivity contribution in [1.29, 1.82) is 0 Å². The van der Waals surface area contributed by atoms with Crippen molar-refractivity contribution in [1.82, 2.24) is 10.3 Å². The summed E-state index contributed by atoms with van der Waals surface area (Å²) in [7, 11) is 0. The topological polar surface area (TPSA) is 51.2 Å². The van der Waals surface area contributed by atoms with Crippen molar-refractivity contribution in [2.75, 3.05) is 23.9 Å². The summed E-state index contributed by atoms with van der Waals surface area (Å²) in [5.74, 6) is 3.29. The Balaban J connectivity index is 1.62. The van der Waals surface area contributed by atoms with Gasteiger partial charge in [0, 0.05) is 41.8 Å². The van der Waals surface area contributed by atoms with Gasteiger partial charge in [0.25, 0.3) is 0 Å². The number of hydrogen-bond acceptors (Lipinski definition) is 5. The lowest BCUT2D eigenvalue weighted by Gasteiger charge is -2.25. The van der Waals surface area contributed by atoms with Crippen LogP contribution in [0.4, 0.5) is 0 Å². The third-order valence-corrected chi connectivity index (χ3v) is 6.29. The molecule has 0 bridgehead atoms. The van der Waals surface area contributed by atoms with Gasteiger partial charge < -0.3 is 10.1 Å². The summed E-state index contributed by atoms with van der Waals surface area (Å²) in [5, 5.41) is 3.26. The highest BCUT2D eigenvalue weighted by Gasteiger charge is 2.33. The number of amides is 1. The molecular weight excluding hydrogens is 292 g/mol. The van der Waals surface area contributed by atoms with E-state index in [0.29, 0.717) is 6.61 Å². The lowest BCUT2D eigenvalue weighted by molar-refractivity contribution is -0.121. The third kappa shape index (κ3) is 3.30. The van der Waals surface area contributed by atoms with E-state index in [1.165, 1.54) is 0 Å². The zero-order valence-corrected chi connectivity index (χ0v) is 12.8. The summed E-state index contributed by atoms with van der Waals surface area (Å²) < 4.78 is 5.77. The molecule has 108 valence electrons. The van der Waals surface area contributed by atoms with Gasteiger partial charge in [-0.05, 0) is 12.5 Å². The van der Waals surface area contributed by atoms with Crippen molar-refractivity contribution in [3.63, 3.8) is 0 Å². The van der Waals surface area contributed by atoms with Crippen molar-refractivity contribution in [2.45, 2.75) is 23.8 Å². The van der Waals surface area contributed by atoms with E-state index < -0.39 is 0 Å². The van der Waals surface area contributed by atoms with Crippen LogP contribution in [0.15, 0.2) is 24.5 Å². The lowest BCUT2D eigenvalue weighted by Crippen LogP contribution is -2.43. The first-order chi connectivity index (χ1) is 9.84. The summed E-state index contributed by atoms with van der Waals surface area (Å²) in [6, 6.07) is 3.98. The molecule has 6 heteroatoms. The highest BCUT2D eigenvalue weighted by Crippen LogP contribution is 2.30. The van der Waals surface area contributed by atoms with E-state index in [1.54, 1.807) is 18.0 Å². The molecule has 1 aromatic rings. The smallest absolute Gasteiger partial charge is 0.234 e. The monoisotopic (exact) mass is 310 g/mol. The predicted octanol–water partition coefficient (Wildman–Crippen LogP) is 1.88. The fourth-order valence-electron chi connectivity index (χ4n) is 2.52. The molecule has 0 aromatic carbocycles. The van der Waals surface area contributed by atoms with E-state index in [4.69, 9.17) is 4.74 Å². The Hall–Kier alpha value is -0.720. The first-order valence-corrected chi connectivity index (χ1v) is 9.06. The second-order valence-corrected chi connectivity index (χ2v) is 7.38. The maximum Gasteiger partial charge on any atom is 0.234 e. The molecule has 3 heterocycles. The number of carbonyl (C=O) groups is 1.